The standard InChI is InChI=1S/C13H23ClN4/c1-5-10(6-2)9-18(7-3)12-11(14)8-16-13(15-4)17-12/h8,10H,5-7,9H2,1-4H3,(H,15,16,17). The molecule has 1 N–H and O–H groups in total. The Balaban J connectivity index is 2.93. The minimum Gasteiger partial charge on any atom is -0.357 e. The Morgan fingerprint density at radius 3 is 2.50 bits per heavy atom. The van der Waals surface area contributed by atoms with Crippen molar-refractivity contribution in [3.05, 3.63) is 11.2 Å². The first-order valence-electron chi connectivity index (χ1n) is 6.61. The minimum absolute atomic E-state index is 0.609. The van der Waals surface area contributed by atoms with Crippen molar-refractivity contribution in [2.75, 3.05) is 30.4 Å². The number of aromatic nitrogens is 2. The first-order valence-corrected chi connectivity index (χ1v) is 6.99. The van der Waals surface area contributed by atoms with Gasteiger partial charge in [-0.1, -0.05) is 38.3 Å². The van der Waals surface area contributed by atoms with Crippen molar-refractivity contribution in [2.24, 2.45) is 5.92 Å². The van der Waals surface area contributed by atoms with Crippen LogP contribution in [0.1, 0.15) is 33.6 Å². The van der Waals surface area contributed by atoms with Gasteiger partial charge in [-0.3, -0.25) is 0 Å². The molecule has 0 amide bonds. The maximum absolute atomic E-state index is 6.20. The molecular formula is C13H23ClN4. The predicted octanol–water partition coefficient (Wildman–Crippen LogP) is 3.43. The third kappa shape index (κ3) is 3.73. The summed E-state index contributed by atoms with van der Waals surface area (Å²) in [5.41, 5.74) is 0. The second-order valence-corrected chi connectivity index (χ2v) is 4.74. The lowest BCUT2D eigenvalue weighted by Gasteiger charge is -2.27. The second kappa shape index (κ2) is 7.41. The summed E-state index contributed by atoms with van der Waals surface area (Å²) in [5.74, 6) is 2.11. The van der Waals surface area contributed by atoms with E-state index in [2.05, 4.69) is 41.0 Å². The van der Waals surface area contributed by atoms with Crippen molar-refractivity contribution in [1.29, 1.82) is 0 Å². The monoisotopic (exact) mass is 270 g/mol. The Hall–Kier alpha value is -1.03. The highest BCUT2D eigenvalue weighted by molar-refractivity contribution is 6.32. The second-order valence-electron chi connectivity index (χ2n) is 4.34. The summed E-state index contributed by atoms with van der Waals surface area (Å²) in [4.78, 5) is 10.8. The van der Waals surface area contributed by atoms with Gasteiger partial charge in [0.05, 0.1) is 6.20 Å². The van der Waals surface area contributed by atoms with Crippen LogP contribution in [0.4, 0.5) is 11.8 Å². The summed E-state index contributed by atoms with van der Waals surface area (Å²) >= 11 is 6.20. The van der Waals surface area contributed by atoms with E-state index in [4.69, 9.17) is 11.6 Å². The summed E-state index contributed by atoms with van der Waals surface area (Å²) < 4.78 is 0. The van der Waals surface area contributed by atoms with Crippen LogP contribution < -0.4 is 10.2 Å². The van der Waals surface area contributed by atoms with Crippen LogP contribution in [0.2, 0.25) is 5.02 Å². The Morgan fingerprint density at radius 1 is 1.33 bits per heavy atom. The predicted molar refractivity (Wildman–Crippen MR) is 78.5 cm³/mol. The topological polar surface area (TPSA) is 41.1 Å². The minimum atomic E-state index is 0.609. The van der Waals surface area contributed by atoms with Gasteiger partial charge >= 0.3 is 0 Å². The maximum Gasteiger partial charge on any atom is 0.224 e. The van der Waals surface area contributed by atoms with Gasteiger partial charge in [0, 0.05) is 20.1 Å². The number of anilines is 2. The highest BCUT2D eigenvalue weighted by Crippen LogP contribution is 2.25. The Kier molecular flexibility index (Phi) is 6.19. The van der Waals surface area contributed by atoms with Crippen molar-refractivity contribution in [3.8, 4) is 0 Å². The molecule has 0 unspecified atom stereocenters. The molecule has 0 radical (unpaired) electrons. The quantitative estimate of drug-likeness (QED) is 0.824. The van der Waals surface area contributed by atoms with Crippen LogP contribution in [0.5, 0.6) is 0 Å². The molecule has 0 aliphatic heterocycles. The lowest BCUT2D eigenvalue weighted by molar-refractivity contribution is 0.484. The molecule has 0 aromatic carbocycles. The number of hydrogen-bond donors (Lipinski definition) is 1. The first-order chi connectivity index (χ1) is 8.65. The zero-order valence-corrected chi connectivity index (χ0v) is 12.5. The fourth-order valence-electron chi connectivity index (χ4n) is 1.92. The van der Waals surface area contributed by atoms with Crippen LogP contribution in [0.15, 0.2) is 6.20 Å². The van der Waals surface area contributed by atoms with Gasteiger partial charge in [-0.15, -0.1) is 0 Å². The van der Waals surface area contributed by atoms with Gasteiger partial charge in [-0.2, -0.15) is 4.98 Å². The van der Waals surface area contributed by atoms with E-state index in [0.717, 1.165) is 18.9 Å². The summed E-state index contributed by atoms with van der Waals surface area (Å²) in [6.45, 7) is 8.46. The summed E-state index contributed by atoms with van der Waals surface area (Å²) in [6, 6.07) is 0. The molecule has 0 fully saturated rings. The molecule has 0 saturated heterocycles. The molecule has 0 atom stereocenters. The molecule has 0 saturated carbocycles. The fraction of sp³-hybridized carbons (Fsp3) is 0.692. The van der Waals surface area contributed by atoms with Crippen LogP contribution in [0.25, 0.3) is 0 Å². The Bertz CT molecular complexity index is 366. The van der Waals surface area contributed by atoms with Gasteiger partial charge in [-0.25, -0.2) is 4.98 Å². The van der Waals surface area contributed by atoms with Gasteiger partial charge in [0.1, 0.15) is 5.02 Å². The average Bonchev–Trinajstić information content (AvgIpc) is 2.41. The summed E-state index contributed by atoms with van der Waals surface area (Å²) in [5, 5.41) is 3.56. The highest BCUT2D eigenvalue weighted by atomic mass is 35.5. The molecule has 1 aromatic heterocycles. The zero-order valence-electron chi connectivity index (χ0n) is 11.7. The van der Waals surface area contributed by atoms with Gasteiger partial charge < -0.3 is 10.2 Å². The van der Waals surface area contributed by atoms with Gasteiger partial charge in [0.2, 0.25) is 5.95 Å². The van der Waals surface area contributed by atoms with Crippen LogP contribution in [0, 0.1) is 5.92 Å². The Morgan fingerprint density at radius 2 is 2.00 bits per heavy atom. The largest absolute Gasteiger partial charge is 0.357 e. The third-order valence-corrected chi connectivity index (χ3v) is 3.53. The maximum atomic E-state index is 6.20. The molecule has 1 rings (SSSR count). The van der Waals surface area contributed by atoms with E-state index in [-0.39, 0.29) is 0 Å². The van der Waals surface area contributed by atoms with Crippen LogP contribution in [-0.4, -0.2) is 30.1 Å². The van der Waals surface area contributed by atoms with Crippen LogP contribution in [-0.2, 0) is 0 Å². The van der Waals surface area contributed by atoms with Gasteiger partial charge in [-0.05, 0) is 12.8 Å². The first kappa shape index (κ1) is 15.0. The number of rotatable bonds is 7. The molecular weight excluding hydrogens is 248 g/mol. The molecule has 102 valence electrons. The van der Waals surface area contributed by atoms with E-state index in [0.29, 0.717) is 16.9 Å². The molecule has 0 bridgehead atoms. The van der Waals surface area contributed by atoms with Crippen molar-refractivity contribution >= 4 is 23.4 Å². The molecule has 4 nitrogen and oxygen atoms in total. The van der Waals surface area contributed by atoms with Crippen molar-refractivity contribution in [3.63, 3.8) is 0 Å². The molecule has 1 aromatic rings. The number of halogens is 1. The number of hydrogen-bond acceptors (Lipinski definition) is 4. The molecule has 1 heterocycles. The van der Waals surface area contributed by atoms with Crippen LogP contribution in [0.3, 0.4) is 0 Å². The van der Waals surface area contributed by atoms with E-state index in [9.17, 15) is 0 Å². The van der Waals surface area contributed by atoms with E-state index < -0.39 is 0 Å². The lowest BCUT2D eigenvalue weighted by atomic mass is 10.0. The molecule has 0 aliphatic rings. The molecule has 0 spiro atoms. The van der Waals surface area contributed by atoms with Gasteiger partial charge in [0.25, 0.3) is 0 Å². The van der Waals surface area contributed by atoms with E-state index in [1.807, 2.05) is 7.05 Å². The summed E-state index contributed by atoms with van der Waals surface area (Å²) in [7, 11) is 1.81. The number of nitrogens with zero attached hydrogens (tertiary/aromatic N) is 3. The van der Waals surface area contributed by atoms with E-state index >= 15 is 0 Å². The van der Waals surface area contributed by atoms with Gasteiger partial charge in [0.15, 0.2) is 5.82 Å². The third-order valence-electron chi connectivity index (χ3n) is 3.26. The lowest BCUT2D eigenvalue weighted by Crippen LogP contribution is -2.30. The fourth-order valence-corrected chi connectivity index (χ4v) is 2.13. The number of nitrogens with one attached hydrogen (secondary N) is 1. The highest BCUT2D eigenvalue weighted by Gasteiger charge is 2.15. The van der Waals surface area contributed by atoms with E-state index in [1.54, 1.807) is 6.20 Å². The smallest absolute Gasteiger partial charge is 0.224 e. The molecule has 0 aliphatic carbocycles. The van der Waals surface area contributed by atoms with E-state index in [1.165, 1.54) is 12.8 Å². The van der Waals surface area contributed by atoms with Crippen LogP contribution >= 0.6 is 11.6 Å². The molecule has 18 heavy (non-hydrogen) atoms. The molecule has 5 heteroatoms. The van der Waals surface area contributed by atoms with Crippen molar-refractivity contribution in [2.45, 2.75) is 33.6 Å². The van der Waals surface area contributed by atoms with Crippen molar-refractivity contribution < 1.29 is 0 Å². The SMILES string of the molecule is CCC(CC)CN(CC)c1nc(NC)ncc1Cl. The Labute approximate surface area is 115 Å². The summed E-state index contributed by atoms with van der Waals surface area (Å²) in [6.07, 6.45) is 4.01. The zero-order chi connectivity index (χ0) is 13.5. The average molecular weight is 271 g/mol. The normalized spacial score (nSPS) is 10.8. The van der Waals surface area contributed by atoms with Crippen molar-refractivity contribution in [1.82, 2.24) is 9.97 Å².